The number of hydrogen-bond acceptors (Lipinski definition) is 3. The van der Waals surface area contributed by atoms with Crippen LogP contribution in [0, 0.1) is 11.7 Å². The van der Waals surface area contributed by atoms with Crippen molar-refractivity contribution in [2.24, 2.45) is 0 Å². The predicted octanol–water partition coefficient (Wildman–Crippen LogP) is 1.50. The Hall–Kier alpha value is -1.63. The van der Waals surface area contributed by atoms with Crippen molar-refractivity contribution >= 4 is 29.3 Å². The summed E-state index contributed by atoms with van der Waals surface area (Å²) in [6.07, 6.45) is 2.18. The highest BCUT2D eigenvalue weighted by Gasteiger charge is 2.24. The second kappa shape index (κ2) is 4.48. The van der Waals surface area contributed by atoms with E-state index >= 15 is 0 Å². The molecule has 6 nitrogen and oxygen atoms in total. The fourth-order valence-electron chi connectivity index (χ4n) is 2.27. The molecule has 7 heteroatoms. The van der Waals surface area contributed by atoms with Crippen molar-refractivity contribution in [3.8, 4) is 0 Å². The molecule has 102 valence electrons. The first-order chi connectivity index (χ1) is 9.10. The van der Waals surface area contributed by atoms with Gasteiger partial charge in [0.2, 0.25) is 5.91 Å². The van der Waals surface area contributed by atoms with Gasteiger partial charge < -0.3 is 10.3 Å². The number of aromatic nitrogens is 4. The summed E-state index contributed by atoms with van der Waals surface area (Å²) in [5.74, 6) is 0.0148. The number of nitrogens with one attached hydrogen (secondary N) is 2. The van der Waals surface area contributed by atoms with E-state index in [1.165, 1.54) is 0 Å². The monoisotopic (exact) mass is 279 g/mol. The Labute approximate surface area is 115 Å². The van der Waals surface area contributed by atoms with E-state index in [1.807, 2.05) is 23.1 Å². The minimum atomic E-state index is 0.0148. The standard InChI is InChI=1S/C12H17N5OS/c1-3-17-11-10(7(2)15-17)14-12(19)16(11)6-9(18)13-8-4-5-8/h8H,3-6H2,1-2H3,(H,13,18)(H,14,19). The first kappa shape index (κ1) is 12.4. The van der Waals surface area contributed by atoms with Crippen LogP contribution >= 0.6 is 12.2 Å². The minimum absolute atomic E-state index is 0.0148. The summed E-state index contributed by atoms with van der Waals surface area (Å²) < 4.78 is 4.27. The van der Waals surface area contributed by atoms with Gasteiger partial charge in [0, 0.05) is 12.6 Å². The van der Waals surface area contributed by atoms with Gasteiger partial charge in [-0.2, -0.15) is 5.10 Å². The topological polar surface area (TPSA) is 67.6 Å². The molecule has 19 heavy (non-hydrogen) atoms. The maximum atomic E-state index is 11.9. The molecule has 2 aromatic rings. The first-order valence-corrected chi connectivity index (χ1v) is 6.96. The summed E-state index contributed by atoms with van der Waals surface area (Å²) in [6, 6.07) is 0.369. The van der Waals surface area contributed by atoms with E-state index in [1.54, 1.807) is 0 Å². The molecule has 0 aliphatic heterocycles. The molecular formula is C12H17N5OS. The van der Waals surface area contributed by atoms with Crippen LogP contribution in [-0.2, 0) is 17.9 Å². The maximum Gasteiger partial charge on any atom is 0.240 e. The number of imidazole rings is 1. The number of H-pyrrole nitrogens is 1. The lowest BCUT2D eigenvalue weighted by atomic mass is 10.4. The summed E-state index contributed by atoms with van der Waals surface area (Å²) in [4.78, 5) is 15.1. The van der Waals surface area contributed by atoms with Gasteiger partial charge in [-0.3, -0.25) is 9.36 Å². The highest BCUT2D eigenvalue weighted by Crippen LogP contribution is 2.20. The summed E-state index contributed by atoms with van der Waals surface area (Å²) in [6.45, 7) is 4.96. The number of nitrogens with zero attached hydrogens (tertiary/aromatic N) is 3. The molecule has 2 aromatic heterocycles. The third kappa shape index (κ3) is 2.18. The number of amides is 1. The van der Waals surface area contributed by atoms with E-state index < -0.39 is 0 Å². The van der Waals surface area contributed by atoms with Crippen LogP contribution in [0.15, 0.2) is 0 Å². The molecule has 0 radical (unpaired) electrons. The van der Waals surface area contributed by atoms with Crippen LogP contribution in [0.5, 0.6) is 0 Å². The Bertz CT molecular complexity index is 691. The molecule has 2 heterocycles. The van der Waals surface area contributed by atoms with Gasteiger partial charge in [-0.1, -0.05) is 0 Å². The molecule has 1 amide bonds. The zero-order valence-electron chi connectivity index (χ0n) is 11.1. The number of aryl methyl sites for hydroxylation is 2. The Morgan fingerprint density at radius 2 is 2.32 bits per heavy atom. The van der Waals surface area contributed by atoms with Crippen LogP contribution in [0.1, 0.15) is 25.5 Å². The largest absolute Gasteiger partial charge is 0.352 e. The molecule has 0 bridgehead atoms. The fraction of sp³-hybridized carbons (Fsp3) is 0.583. The van der Waals surface area contributed by atoms with Gasteiger partial charge in [0.05, 0.1) is 5.69 Å². The molecule has 0 saturated heterocycles. The van der Waals surface area contributed by atoms with E-state index in [4.69, 9.17) is 12.2 Å². The Kier molecular flexibility index (Phi) is 2.93. The molecule has 1 fully saturated rings. The molecule has 1 aliphatic rings. The highest BCUT2D eigenvalue weighted by atomic mass is 32.1. The number of hydrogen-bond donors (Lipinski definition) is 2. The molecular weight excluding hydrogens is 262 g/mol. The Morgan fingerprint density at radius 3 is 2.95 bits per heavy atom. The average Bonchev–Trinajstić information content (AvgIpc) is 3.04. The lowest BCUT2D eigenvalue weighted by Crippen LogP contribution is -2.29. The quantitative estimate of drug-likeness (QED) is 0.834. The average molecular weight is 279 g/mol. The van der Waals surface area contributed by atoms with Crippen LogP contribution in [0.25, 0.3) is 11.2 Å². The van der Waals surface area contributed by atoms with Crippen molar-refractivity contribution in [3.05, 3.63) is 10.5 Å². The molecule has 0 atom stereocenters. The van der Waals surface area contributed by atoms with Crippen molar-refractivity contribution in [1.82, 2.24) is 24.6 Å². The van der Waals surface area contributed by atoms with Crippen LogP contribution in [0.3, 0.4) is 0 Å². The van der Waals surface area contributed by atoms with E-state index in [-0.39, 0.29) is 12.5 Å². The van der Waals surface area contributed by atoms with E-state index in [0.29, 0.717) is 10.8 Å². The van der Waals surface area contributed by atoms with Crippen molar-refractivity contribution < 1.29 is 4.79 Å². The maximum absolute atomic E-state index is 11.9. The van der Waals surface area contributed by atoms with Crippen LogP contribution in [-0.4, -0.2) is 31.3 Å². The normalized spacial score (nSPS) is 15.1. The van der Waals surface area contributed by atoms with Gasteiger partial charge in [0.1, 0.15) is 12.1 Å². The lowest BCUT2D eigenvalue weighted by molar-refractivity contribution is -0.121. The summed E-state index contributed by atoms with van der Waals surface area (Å²) >= 11 is 5.31. The smallest absolute Gasteiger partial charge is 0.240 e. The first-order valence-electron chi connectivity index (χ1n) is 6.55. The number of fused-ring (bicyclic) bond motifs is 1. The molecule has 0 unspecified atom stereocenters. The molecule has 1 aliphatic carbocycles. The summed E-state index contributed by atoms with van der Waals surface area (Å²) in [5, 5.41) is 7.42. The number of carbonyl (C=O) groups is 1. The molecule has 0 aromatic carbocycles. The van der Waals surface area contributed by atoms with Crippen LogP contribution < -0.4 is 5.32 Å². The van der Waals surface area contributed by atoms with Gasteiger partial charge >= 0.3 is 0 Å². The number of aromatic amines is 1. The molecule has 1 saturated carbocycles. The SMILES string of the molecule is CCn1nc(C)c2[nH]c(=S)n(CC(=O)NC3CC3)c21. The van der Waals surface area contributed by atoms with Gasteiger partial charge in [-0.15, -0.1) is 0 Å². The molecule has 2 N–H and O–H groups in total. The predicted molar refractivity (Wildman–Crippen MR) is 74.5 cm³/mol. The lowest BCUT2D eigenvalue weighted by Gasteiger charge is -2.06. The number of rotatable bonds is 4. The van der Waals surface area contributed by atoms with Crippen molar-refractivity contribution in [2.75, 3.05) is 0 Å². The summed E-state index contributed by atoms with van der Waals surface area (Å²) in [5.41, 5.74) is 2.73. The fourth-order valence-corrected chi connectivity index (χ4v) is 2.53. The second-order valence-corrected chi connectivity index (χ2v) is 5.34. The van der Waals surface area contributed by atoms with E-state index in [9.17, 15) is 4.79 Å². The zero-order valence-corrected chi connectivity index (χ0v) is 11.9. The molecule has 0 spiro atoms. The Morgan fingerprint density at radius 1 is 1.58 bits per heavy atom. The van der Waals surface area contributed by atoms with E-state index in [2.05, 4.69) is 15.4 Å². The third-order valence-electron chi connectivity index (χ3n) is 3.38. The highest BCUT2D eigenvalue weighted by molar-refractivity contribution is 7.71. The van der Waals surface area contributed by atoms with Crippen LogP contribution in [0.2, 0.25) is 0 Å². The van der Waals surface area contributed by atoms with Crippen LogP contribution in [0.4, 0.5) is 0 Å². The Balaban J connectivity index is 1.98. The number of carbonyl (C=O) groups excluding carboxylic acids is 1. The third-order valence-corrected chi connectivity index (χ3v) is 3.70. The summed E-state index contributed by atoms with van der Waals surface area (Å²) in [7, 11) is 0. The van der Waals surface area contributed by atoms with Crippen molar-refractivity contribution in [1.29, 1.82) is 0 Å². The second-order valence-electron chi connectivity index (χ2n) is 4.96. The van der Waals surface area contributed by atoms with Gasteiger partial charge in [0.15, 0.2) is 10.4 Å². The van der Waals surface area contributed by atoms with Gasteiger partial charge in [-0.25, -0.2) is 4.68 Å². The van der Waals surface area contributed by atoms with Gasteiger partial charge in [-0.05, 0) is 38.9 Å². The van der Waals surface area contributed by atoms with Crippen molar-refractivity contribution in [2.45, 2.75) is 45.8 Å². The zero-order chi connectivity index (χ0) is 13.6. The van der Waals surface area contributed by atoms with E-state index in [0.717, 1.165) is 36.2 Å². The van der Waals surface area contributed by atoms with Gasteiger partial charge in [0.25, 0.3) is 0 Å². The minimum Gasteiger partial charge on any atom is -0.352 e. The molecule has 3 rings (SSSR count). The van der Waals surface area contributed by atoms with Crippen molar-refractivity contribution in [3.63, 3.8) is 0 Å².